The topological polar surface area (TPSA) is 175 Å². The minimum Gasteiger partial charge on any atom is -0.462 e. The molecule has 1 fully saturated rings. The molecule has 3 N–H and O–H groups in total. The summed E-state index contributed by atoms with van der Waals surface area (Å²) in [6.07, 6.45) is 0.194. The number of H-pyrrole nitrogens is 1. The Labute approximate surface area is 225 Å². The summed E-state index contributed by atoms with van der Waals surface area (Å²) in [4.78, 5) is 50.2. The molecule has 5 atom stereocenters. The maximum absolute atomic E-state index is 13.5. The number of thioether (sulfide) groups is 1. The molecule has 0 bridgehead atoms. The third-order valence-electron chi connectivity index (χ3n) is 5.59. The van der Waals surface area contributed by atoms with E-state index in [1.165, 1.54) is 23.8 Å². The van der Waals surface area contributed by atoms with Crippen LogP contribution in [-0.2, 0) is 32.7 Å². The van der Waals surface area contributed by atoms with Gasteiger partial charge in [-0.1, -0.05) is 18.7 Å². The number of aliphatic hydroxyl groups excluding tert-OH is 1. The molecule has 0 amide bonds. The Kier molecular flexibility index (Phi) is 12.0. The van der Waals surface area contributed by atoms with E-state index in [4.69, 9.17) is 18.5 Å². The third kappa shape index (κ3) is 9.44. The van der Waals surface area contributed by atoms with Gasteiger partial charge in [-0.2, -0.15) is 0 Å². The Morgan fingerprint density at radius 3 is 2.61 bits per heavy atom. The van der Waals surface area contributed by atoms with Crippen LogP contribution in [-0.4, -0.2) is 69.6 Å². The maximum Gasteiger partial charge on any atom is 0.406 e. The number of aromatic nitrogens is 2. The van der Waals surface area contributed by atoms with Gasteiger partial charge in [-0.15, -0.1) is 0 Å². The van der Waals surface area contributed by atoms with Crippen molar-refractivity contribution in [3.8, 4) is 0 Å². The predicted molar refractivity (Wildman–Crippen MR) is 141 cm³/mol. The average Bonchev–Trinajstić information content (AvgIpc) is 3.20. The van der Waals surface area contributed by atoms with Gasteiger partial charge in [0.2, 0.25) is 0 Å². The van der Waals surface area contributed by atoms with Crippen LogP contribution in [0.5, 0.6) is 0 Å². The molecule has 1 aromatic rings. The summed E-state index contributed by atoms with van der Waals surface area (Å²) in [6.45, 7) is 9.26. The number of hydrogen-bond donors (Lipinski definition) is 3. The largest absolute Gasteiger partial charge is 0.462 e. The lowest BCUT2D eigenvalue weighted by Gasteiger charge is -2.24. The monoisotopic (exact) mass is 579 g/mol. The molecule has 1 aromatic heterocycles. The molecular weight excluding hydrogens is 541 g/mol. The molecule has 38 heavy (non-hydrogen) atoms. The van der Waals surface area contributed by atoms with Gasteiger partial charge in [-0.05, 0) is 41.0 Å². The van der Waals surface area contributed by atoms with Crippen molar-refractivity contribution in [2.75, 3.05) is 25.6 Å². The zero-order valence-electron chi connectivity index (χ0n) is 22.5. The van der Waals surface area contributed by atoms with E-state index < -0.39 is 48.8 Å². The van der Waals surface area contributed by atoms with Crippen LogP contribution < -0.4 is 16.3 Å². The van der Waals surface area contributed by atoms with Gasteiger partial charge in [-0.25, -0.2) is 14.4 Å². The van der Waals surface area contributed by atoms with Crippen molar-refractivity contribution in [1.82, 2.24) is 14.6 Å². The number of aromatic amines is 1. The molecular formula is C23H38N3O10PS. The molecule has 0 spiro atoms. The zero-order chi connectivity index (χ0) is 28.7. The number of carbonyl (C=O) groups is 2. The molecule has 1 saturated heterocycles. The Balaban J connectivity index is 2.05. The van der Waals surface area contributed by atoms with Crippen molar-refractivity contribution in [2.45, 2.75) is 72.4 Å². The summed E-state index contributed by atoms with van der Waals surface area (Å²) in [5, 5.41) is 11.7. The van der Waals surface area contributed by atoms with E-state index >= 15 is 0 Å². The van der Waals surface area contributed by atoms with Crippen LogP contribution in [0.3, 0.4) is 0 Å². The lowest BCUT2D eigenvalue weighted by Crippen LogP contribution is -2.36. The summed E-state index contributed by atoms with van der Waals surface area (Å²) in [7, 11) is -4.08. The minimum atomic E-state index is -4.08. The Hall–Kier alpha value is -1.80. The maximum atomic E-state index is 13.5. The lowest BCUT2D eigenvalue weighted by atomic mass is 9.97. The first-order valence-corrected chi connectivity index (χ1v) is 14.8. The van der Waals surface area contributed by atoms with E-state index in [2.05, 4.69) is 10.1 Å². The van der Waals surface area contributed by atoms with Crippen molar-refractivity contribution in [3.63, 3.8) is 0 Å². The van der Waals surface area contributed by atoms with Gasteiger partial charge in [-0.3, -0.25) is 33.0 Å². The van der Waals surface area contributed by atoms with Gasteiger partial charge >= 0.3 is 19.4 Å². The summed E-state index contributed by atoms with van der Waals surface area (Å²) in [5.41, 5.74) is -2.06. The average molecular weight is 580 g/mol. The van der Waals surface area contributed by atoms with Gasteiger partial charge in [0.1, 0.15) is 12.3 Å². The van der Waals surface area contributed by atoms with E-state index in [1.54, 1.807) is 27.7 Å². The first kappa shape index (κ1) is 32.4. The molecule has 0 aliphatic carbocycles. The Bertz CT molecular complexity index is 1120. The van der Waals surface area contributed by atoms with Crippen LogP contribution >= 0.6 is 19.5 Å². The Morgan fingerprint density at radius 2 is 2.00 bits per heavy atom. The van der Waals surface area contributed by atoms with Gasteiger partial charge in [0.05, 0.1) is 37.4 Å². The molecule has 2 heterocycles. The number of carbonyl (C=O) groups excluding carboxylic acids is 2. The number of nitrogens with one attached hydrogen (secondary N) is 2. The molecule has 5 unspecified atom stereocenters. The van der Waals surface area contributed by atoms with Crippen LogP contribution in [0.4, 0.5) is 0 Å². The third-order valence-corrected chi connectivity index (χ3v) is 8.49. The number of hydrogen-bond acceptors (Lipinski definition) is 11. The highest BCUT2D eigenvalue weighted by Gasteiger charge is 2.38. The van der Waals surface area contributed by atoms with Crippen molar-refractivity contribution in [2.24, 2.45) is 11.3 Å². The van der Waals surface area contributed by atoms with E-state index in [9.17, 15) is 28.8 Å². The van der Waals surface area contributed by atoms with Gasteiger partial charge in [0.25, 0.3) is 5.56 Å². The quantitative estimate of drug-likeness (QED) is 0.166. The van der Waals surface area contributed by atoms with Gasteiger partial charge in [0, 0.05) is 23.9 Å². The molecule has 15 heteroatoms. The lowest BCUT2D eigenvalue weighted by molar-refractivity contribution is -0.149. The van der Waals surface area contributed by atoms with Crippen LogP contribution in [0.25, 0.3) is 0 Å². The first-order valence-electron chi connectivity index (χ1n) is 12.3. The highest BCUT2D eigenvalue weighted by molar-refractivity contribution is 8.13. The molecule has 0 radical (unpaired) electrons. The summed E-state index contributed by atoms with van der Waals surface area (Å²) >= 11 is 0.924. The number of rotatable bonds is 14. The van der Waals surface area contributed by atoms with Crippen molar-refractivity contribution >= 4 is 30.6 Å². The normalized spacial score (nSPS) is 22.3. The second-order valence-corrected chi connectivity index (χ2v) is 12.9. The molecule has 0 aromatic carbocycles. The van der Waals surface area contributed by atoms with Crippen molar-refractivity contribution < 1.29 is 37.8 Å². The van der Waals surface area contributed by atoms with Crippen molar-refractivity contribution in [3.05, 3.63) is 33.1 Å². The number of aliphatic hydroxyl groups is 1. The minimum absolute atomic E-state index is 0.127. The van der Waals surface area contributed by atoms with E-state index in [0.29, 0.717) is 6.42 Å². The van der Waals surface area contributed by atoms with Crippen LogP contribution in [0.2, 0.25) is 0 Å². The van der Waals surface area contributed by atoms with Crippen LogP contribution in [0.15, 0.2) is 21.9 Å². The fourth-order valence-corrected chi connectivity index (χ4v) is 5.89. The van der Waals surface area contributed by atoms with Gasteiger partial charge in [0.15, 0.2) is 5.12 Å². The summed E-state index contributed by atoms with van der Waals surface area (Å²) in [5.74, 6) is -0.640. The highest BCUT2D eigenvalue weighted by Crippen LogP contribution is 2.46. The molecule has 216 valence electrons. The highest BCUT2D eigenvalue weighted by atomic mass is 32.2. The van der Waals surface area contributed by atoms with Crippen LogP contribution in [0.1, 0.15) is 54.2 Å². The van der Waals surface area contributed by atoms with E-state index in [0.717, 1.165) is 11.8 Å². The summed E-state index contributed by atoms with van der Waals surface area (Å²) < 4.78 is 37.0. The van der Waals surface area contributed by atoms with Crippen molar-refractivity contribution in [1.29, 1.82) is 0 Å². The first-order chi connectivity index (χ1) is 17.7. The SMILES string of the molecule is CC(C)OC(=O)C(C)NP(=O)(OCCSC(=O)C(C)(C)CO)OCC1CC(C)C(n2ccc(=O)[nH]c2=O)O1. The second-order valence-electron chi connectivity index (χ2n) is 10.0. The Morgan fingerprint density at radius 1 is 1.32 bits per heavy atom. The molecule has 0 saturated carbocycles. The van der Waals surface area contributed by atoms with E-state index in [1.807, 2.05) is 6.92 Å². The smallest absolute Gasteiger partial charge is 0.406 e. The predicted octanol–water partition coefficient (Wildman–Crippen LogP) is 1.81. The second kappa shape index (κ2) is 14.0. The molecule has 13 nitrogen and oxygen atoms in total. The van der Waals surface area contributed by atoms with Gasteiger partial charge < -0.3 is 14.6 Å². The molecule has 2 rings (SSSR count). The standard InChI is InChI=1S/C23H38N3O10PS/c1-14(2)35-20(29)16(4)25-37(32,33-9-10-38-21(30)23(5,6)13-27)34-12-17-11-15(3)19(36-17)26-8-7-18(28)24-22(26)31/h7-8,14-17,19,27H,9-13H2,1-6H3,(H,25,32)(H,24,28,31). The molecule has 1 aliphatic heterocycles. The fraction of sp³-hybridized carbons (Fsp3) is 0.739. The fourth-order valence-electron chi connectivity index (χ4n) is 3.46. The molecule has 1 aliphatic rings. The van der Waals surface area contributed by atoms with E-state index in [-0.39, 0.29) is 42.7 Å². The number of nitrogens with zero attached hydrogens (tertiary/aromatic N) is 1. The number of ether oxygens (including phenoxy) is 2. The van der Waals surface area contributed by atoms with Crippen LogP contribution in [0, 0.1) is 11.3 Å². The number of esters is 1. The zero-order valence-corrected chi connectivity index (χ0v) is 24.2. The summed E-state index contributed by atoms with van der Waals surface area (Å²) in [6, 6.07) is 0.191.